The van der Waals surface area contributed by atoms with Gasteiger partial charge in [0, 0.05) is 27.6 Å². The second kappa shape index (κ2) is 7.41. The molecule has 27 heavy (non-hydrogen) atoms. The first-order valence-electron chi connectivity index (χ1n) is 9.13. The van der Waals surface area contributed by atoms with Gasteiger partial charge in [0.1, 0.15) is 18.1 Å². The predicted octanol–water partition coefficient (Wildman–Crippen LogP) is 3.73. The van der Waals surface area contributed by atoms with Crippen molar-refractivity contribution in [2.24, 2.45) is 0 Å². The highest BCUT2D eigenvalue weighted by atomic mass is 35.5. The Labute approximate surface area is 163 Å². The van der Waals surface area contributed by atoms with E-state index in [2.05, 4.69) is 6.07 Å². The number of nitrogens with zero attached hydrogens (tertiary/aromatic N) is 1. The van der Waals surface area contributed by atoms with Gasteiger partial charge in [-0.25, -0.2) is 0 Å². The van der Waals surface area contributed by atoms with E-state index in [-0.39, 0.29) is 12.0 Å². The van der Waals surface area contributed by atoms with Gasteiger partial charge < -0.3 is 14.6 Å². The van der Waals surface area contributed by atoms with Gasteiger partial charge in [-0.3, -0.25) is 9.69 Å². The molecule has 0 amide bonds. The number of piperidine rings is 1. The number of carboxylic acids is 1. The summed E-state index contributed by atoms with van der Waals surface area (Å²) >= 11 is 6.18. The molecule has 2 aliphatic heterocycles. The van der Waals surface area contributed by atoms with Crippen LogP contribution in [0.2, 0.25) is 5.02 Å². The van der Waals surface area contributed by atoms with Crippen LogP contribution in [0.4, 0.5) is 0 Å². The number of likely N-dealkylation sites (tertiary alicyclic amines) is 1. The molecular weight excluding hydrogens is 366 g/mol. The van der Waals surface area contributed by atoms with Crippen LogP contribution in [-0.2, 0) is 16.8 Å². The van der Waals surface area contributed by atoms with Gasteiger partial charge in [-0.15, -0.1) is 0 Å². The maximum Gasteiger partial charge on any atom is 0.317 e. The third-order valence-corrected chi connectivity index (χ3v) is 5.92. The lowest BCUT2D eigenvalue weighted by atomic mass is 9.74. The molecule has 1 N–H and O–H groups in total. The maximum atomic E-state index is 10.9. The van der Waals surface area contributed by atoms with Crippen molar-refractivity contribution in [3.05, 3.63) is 58.6 Å². The molecule has 4 rings (SSSR count). The Morgan fingerprint density at radius 2 is 2.00 bits per heavy atom. The Hall–Kier alpha value is -2.24. The highest BCUT2D eigenvalue weighted by Crippen LogP contribution is 2.46. The van der Waals surface area contributed by atoms with Crippen molar-refractivity contribution in [2.45, 2.75) is 24.9 Å². The smallest absolute Gasteiger partial charge is 0.317 e. The van der Waals surface area contributed by atoms with E-state index in [9.17, 15) is 4.79 Å². The Bertz CT molecular complexity index is 846. The number of carboxylic acid groups (broad SMARTS) is 1. The van der Waals surface area contributed by atoms with E-state index in [1.54, 1.807) is 0 Å². The lowest BCUT2D eigenvalue weighted by molar-refractivity contribution is -0.138. The van der Waals surface area contributed by atoms with Crippen LogP contribution >= 0.6 is 11.6 Å². The molecule has 1 spiro atoms. The van der Waals surface area contributed by atoms with Crippen LogP contribution in [0.25, 0.3) is 0 Å². The van der Waals surface area contributed by atoms with Gasteiger partial charge in [0.15, 0.2) is 0 Å². The molecule has 5 nitrogen and oxygen atoms in total. The number of rotatable bonds is 5. The van der Waals surface area contributed by atoms with Crippen LogP contribution < -0.4 is 9.47 Å². The molecule has 142 valence electrons. The number of carbonyl (C=O) groups is 1. The normalized spacial score (nSPS) is 18.1. The van der Waals surface area contributed by atoms with Gasteiger partial charge >= 0.3 is 5.97 Å². The number of aliphatic carboxylic acids is 1. The van der Waals surface area contributed by atoms with Gasteiger partial charge in [-0.1, -0.05) is 35.9 Å². The molecule has 0 unspecified atom stereocenters. The van der Waals surface area contributed by atoms with E-state index in [0.717, 1.165) is 43.0 Å². The van der Waals surface area contributed by atoms with Crippen LogP contribution in [-0.4, -0.2) is 42.2 Å². The zero-order chi connectivity index (χ0) is 18.9. The zero-order valence-corrected chi connectivity index (χ0v) is 15.7. The largest absolute Gasteiger partial charge is 0.492 e. The minimum atomic E-state index is -0.769. The number of ether oxygens (including phenoxy) is 2. The quantitative estimate of drug-likeness (QED) is 0.847. The van der Waals surface area contributed by atoms with Crippen molar-refractivity contribution in [2.75, 3.05) is 26.2 Å². The number of benzene rings is 2. The fraction of sp³-hybridized carbons (Fsp3) is 0.381. The fourth-order valence-corrected chi connectivity index (χ4v) is 4.15. The van der Waals surface area contributed by atoms with Gasteiger partial charge in [0.05, 0.1) is 13.2 Å². The van der Waals surface area contributed by atoms with Crippen LogP contribution in [0.5, 0.6) is 11.5 Å². The van der Waals surface area contributed by atoms with Crippen molar-refractivity contribution in [1.82, 2.24) is 4.90 Å². The number of hydrogen-bond acceptors (Lipinski definition) is 4. The van der Waals surface area contributed by atoms with Crippen molar-refractivity contribution in [3.63, 3.8) is 0 Å². The third-order valence-electron chi connectivity index (χ3n) is 5.55. The van der Waals surface area contributed by atoms with E-state index in [4.69, 9.17) is 26.2 Å². The van der Waals surface area contributed by atoms with Gasteiger partial charge in [0.2, 0.25) is 0 Å². The molecule has 2 aliphatic rings. The first kappa shape index (κ1) is 18.1. The molecular formula is C21H22ClNO4. The van der Waals surface area contributed by atoms with Gasteiger partial charge in [-0.2, -0.15) is 0 Å². The average molecular weight is 388 g/mol. The average Bonchev–Trinajstić information content (AvgIpc) is 3.00. The number of fused-ring (bicyclic) bond motifs is 2. The zero-order valence-electron chi connectivity index (χ0n) is 15.0. The van der Waals surface area contributed by atoms with E-state index < -0.39 is 5.97 Å². The summed E-state index contributed by atoms with van der Waals surface area (Å²) in [7, 11) is 0. The predicted molar refractivity (Wildman–Crippen MR) is 103 cm³/mol. The SMILES string of the molecule is O=C(O)CN1CCC2(CC1)COc1cc(OCc3ccccc3Cl)ccc12. The van der Waals surface area contributed by atoms with Crippen molar-refractivity contribution in [1.29, 1.82) is 0 Å². The van der Waals surface area contributed by atoms with E-state index in [1.807, 2.05) is 41.3 Å². The summed E-state index contributed by atoms with van der Waals surface area (Å²) in [6, 6.07) is 13.7. The summed E-state index contributed by atoms with van der Waals surface area (Å²) in [5.41, 5.74) is 2.15. The monoisotopic (exact) mass is 387 g/mol. The van der Waals surface area contributed by atoms with E-state index in [0.29, 0.717) is 18.2 Å². The minimum absolute atomic E-state index is 0.00833. The summed E-state index contributed by atoms with van der Waals surface area (Å²) in [6.45, 7) is 2.73. The molecule has 1 saturated heterocycles. The first-order chi connectivity index (χ1) is 13.1. The van der Waals surface area contributed by atoms with Crippen molar-refractivity contribution >= 4 is 17.6 Å². The Balaban J connectivity index is 1.43. The molecule has 1 fully saturated rings. The molecule has 0 saturated carbocycles. The Morgan fingerprint density at radius 3 is 2.74 bits per heavy atom. The minimum Gasteiger partial charge on any atom is -0.492 e. The van der Waals surface area contributed by atoms with Crippen LogP contribution in [0.1, 0.15) is 24.0 Å². The number of halogens is 1. The van der Waals surface area contributed by atoms with Gasteiger partial charge in [-0.05, 0) is 38.1 Å². The Morgan fingerprint density at radius 1 is 1.22 bits per heavy atom. The molecule has 0 bridgehead atoms. The maximum absolute atomic E-state index is 10.9. The second-order valence-corrected chi connectivity index (χ2v) is 7.68. The summed E-state index contributed by atoms with van der Waals surface area (Å²) in [5, 5.41) is 9.67. The molecule has 2 heterocycles. The molecule has 0 atom stereocenters. The molecule has 6 heteroatoms. The van der Waals surface area contributed by atoms with E-state index in [1.165, 1.54) is 5.56 Å². The molecule has 2 aromatic carbocycles. The topological polar surface area (TPSA) is 59.0 Å². The molecule has 2 aromatic rings. The standard InChI is InChI=1S/C21H22ClNO4/c22-18-4-2-1-3-15(18)13-26-16-5-6-17-19(11-16)27-14-21(17)7-9-23(10-8-21)12-20(24)25/h1-6,11H,7-10,12-14H2,(H,24,25). The van der Waals surface area contributed by atoms with E-state index >= 15 is 0 Å². The molecule has 0 aromatic heterocycles. The summed E-state index contributed by atoms with van der Waals surface area (Å²) < 4.78 is 11.9. The Kier molecular flexibility index (Phi) is 4.98. The first-order valence-corrected chi connectivity index (χ1v) is 9.51. The summed E-state index contributed by atoms with van der Waals surface area (Å²) in [5.74, 6) is 0.863. The second-order valence-electron chi connectivity index (χ2n) is 7.28. The lowest BCUT2D eigenvalue weighted by Crippen LogP contribution is -2.45. The fourth-order valence-electron chi connectivity index (χ4n) is 3.96. The molecule has 0 aliphatic carbocycles. The summed E-state index contributed by atoms with van der Waals surface area (Å²) in [4.78, 5) is 12.9. The third kappa shape index (κ3) is 3.75. The molecule has 0 radical (unpaired) electrons. The van der Waals surface area contributed by atoms with Gasteiger partial charge in [0.25, 0.3) is 0 Å². The lowest BCUT2D eigenvalue weighted by Gasteiger charge is -2.37. The highest BCUT2D eigenvalue weighted by Gasteiger charge is 2.43. The van der Waals surface area contributed by atoms with Crippen LogP contribution in [0, 0.1) is 0 Å². The summed E-state index contributed by atoms with van der Waals surface area (Å²) in [6.07, 6.45) is 1.82. The van der Waals surface area contributed by atoms with Crippen LogP contribution in [0.3, 0.4) is 0 Å². The number of hydrogen-bond donors (Lipinski definition) is 1. The highest BCUT2D eigenvalue weighted by molar-refractivity contribution is 6.31. The van der Waals surface area contributed by atoms with Crippen molar-refractivity contribution < 1.29 is 19.4 Å². The van der Waals surface area contributed by atoms with Crippen molar-refractivity contribution in [3.8, 4) is 11.5 Å². The van der Waals surface area contributed by atoms with Crippen LogP contribution in [0.15, 0.2) is 42.5 Å².